The fourth-order valence-corrected chi connectivity index (χ4v) is 6.53. The van der Waals surface area contributed by atoms with Gasteiger partial charge >= 0.3 is 0 Å². The van der Waals surface area contributed by atoms with Crippen LogP contribution in [0.4, 0.5) is 10.1 Å². The van der Waals surface area contributed by atoms with Crippen LogP contribution in [-0.4, -0.2) is 39.2 Å². The number of furan rings is 1. The third kappa shape index (κ3) is 5.33. The van der Waals surface area contributed by atoms with Gasteiger partial charge in [-0.2, -0.15) is 0 Å². The number of hydrogen-bond donors (Lipinski definition) is 2. The van der Waals surface area contributed by atoms with E-state index < -0.39 is 21.7 Å². The number of para-hydroxylation sites is 1. The summed E-state index contributed by atoms with van der Waals surface area (Å²) in [7, 11) is -0.605. The van der Waals surface area contributed by atoms with Crippen molar-refractivity contribution < 1.29 is 26.8 Å². The number of carbonyl (C=O) groups is 1. The molecule has 0 atom stereocenters. The van der Waals surface area contributed by atoms with Gasteiger partial charge in [0.25, 0.3) is 5.91 Å². The number of hydrogen-bond acceptors (Lipinski definition) is 7. The first-order chi connectivity index (χ1) is 20.7. The first-order valence-electron chi connectivity index (χ1n) is 13.3. The van der Waals surface area contributed by atoms with E-state index in [0.29, 0.717) is 27.8 Å². The van der Waals surface area contributed by atoms with Gasteiger partial charge in [-0.05, 0) is 67.1 Å². The fourth-order valence-electron chi connectivity index (χ4n) is 4.89. The minimum absolute atomic E-state index is 0.146. The molecule has 0 unspecified atom stereocenters. The average Bonchev–Trinajstić information content (AvgIpc) is 3.62. The summed E-state index contributed by atoms with van der Waals surface area (Å²) in [4.78, 5) is 18.0. The summed E-state index contributed by atoms with van der Waals surface area (Å²) in [6, 6.07) is 22.2. The Morgan fingerprint density at radius 3 is 2.44 bits per heavy atom. The minimum atomic E-state index is -3.69. The maximum atomic E-state index is 13.7. The molecule has 2 N–H and O–H groups in total. The van der Waals surface area contributed by atoms with Crippen LogP contribution in [0.1, 0.15) is 17.3 Å². The Bertz CT molecular complexity index is 2090. The number of anilines is 1. The lowest BCUT2D eigenvalue weighted by atomic mass is 9.97. The molecule has 2 heterocycles. The molecule has 6 aromatic rings. The van der Waals surface area contributed by atoms with Gasteiger partial charge in [-0.25, -0.2) is 17.8 Å². The third-order valence-corrected chi connectivity index (χ3v) is 9.43. The first kappa shape index (κ1) is 28.4. The van der Waals surface area contributed by atoms with Crippen LogP contribution in [0.3, 0.4) is 0 Å². The summed E-state index contributed by atoms with van der Waals surface area (Å²) >= 11 is 1.52. The second-order valence-corrected chi connectivity index (χ2v) is 12.7. The van der Waals surface area contributed by atoms with Gasteiger partial charge in [0.2, 0.25) is 10.0 Å². The zero-order valence-corrected chi connectivity index (χ0v) is 25.0. The number of carbonyl (C=O) groups excluding carboxylic acids is 1. The number of nitrogens with zero attached hydrogens (tertiary/aromatic N) is 1. The molecule has 4 aromatic carbocycles. The fraction of sp³-hybridized carbons (Fsp3) is 0.125. The van der Waals surface area contributed by atoms with Crippen LogP contribution in [0.25, 0.3) is 54.2 Å². The van der Waals surface area contributed by atoms with E-state index in [1.165, 1.54) is 42.6 Å². The lowest BCUT2D eigenvalue weighted by Gasteiger charge is -2.15. The Morgan fingerprint density at radius 1 is 1.00 bits per heavy atom. The van der Waals surface area contributed by atoms with Gasteiger partial charge < -0.3 is 14.5 Å². The van der Waals surface area contributed by atoms with Crippen molar-refractivity contribution in [3.8, 4) is 38.8 Å². The van der Waals surface area contributed by atoms with Crippen molar-refractivity contribution in [1.82, 2.24) is 10.3 Å². The Morgan fingerprint density at radius 2 is 1.74 bits per heavy atom. The van der Waals surface area contributed by atoms with E-state index in [2.05, 4.69) is 10.0 Å². The molecule has 0 aliphatic heterocycles. The molecule has 0 bridgehead atoms. The van der Waals surface area contributed by atoms with E-state index in [1.807, 2.05) is 36.4 Å². The second kappa shape index (κ2) is 11.2. The lowest BCUT2D eigenvalue weighted by Crippen LogP contribution is -2.18. The first-order valence-corrected chi connectivity index (χ1v) is 15.8. The monoisotopic (exact) mass is 615 g/mol. The molecule has 0 aliphatic rings. The molecule has 0 radical (unpaired) electrons. The summed E-state index contributed by atoms with van der Waals surface area (Å²) in [5, 5.41) is 3.86. The number of thiazole rings is 1. The molecule has 8 nitrogen and oxygen atoms in total. The number of fused-ring (bicyclic) bond motifs is 2. The third-order valence-electron chi connectivity index (χ3n) is 7.07. The number of methoxy groups -OCH3 is 1. The molecule has 0 spiro atoms. The Labute approximate surface area is 251 Å². The summed E-state index contributed by atoms with van der Waals surface area (Å²) in [5.74, 6) is -0.139. The van der Waals surface area contributed by atoms with Crippen LogP contribution in [0.2, 0.25) is 0 Å². The predicted molar refractivity (Wildman–Crippen MR) is 169 cm³/mol. The van der Waals surface area contributed by atoms with Crippen molar-refractivity contribution in [1.29, 1.82) is 0 Å². The molecule has 43 heavy (non-hydrogen) atoms. The highest BCUT2D eigenvalue weighted by atomic mass is 32.2. The lowest BCUT2D eigenvalue weighted by molar-refractivity contribution is 0.0964. The molecule has 6 rings (SSSR count). The Kier molecular flexibility index (Phi) is 7.37. The topological polar surface area (TPSA) is 111 Å². The van der Waals surface area contributed by atoms with Crippen molar-refractivity contribution in [2.75, 3.05) is 24.6 Å². The van der Waals surface area contributed by atoms with Gasteiger partial charge in [-0.1, -0.05) is 18.2 Å². The number of benzene rings is 4. The van der Waals surface area contributed by atoms with E-state index in [9.17, 15) is 17.6 Å². The maximum Gasteiger partial charge on any atom is 0.255 e. The number of ether oxygens (including phenoxy) is 1. The van der Waals surface area contributed by atoms with Gasteiger partial charge in [0.1, 0.15) is 27.9 Å². The van der Waals surface area contributed by atoms with Crippen LogP contribution in [0, 0.1) is 5.82 Å². The number of amides is 1. The number of nitrogens with one attached hydrogen (secondary N) is 2. The van der Waals surface area contributed by atoms with E-state index in [-0.39, 0.29) is 28.3 Å². The number of aromatic nitrogens is 1. The van der Waals surface area contributed by atoms with Crippen LogP contribution in [0.5, 0.6) is 5.75 Å². The Hall–Kier alpha value is -4.74. The SMILES string of the molecule is CCS(=O)(=O)Nc1cc2oc(-c3ccc(F)cc3)c(C(=O)NC)c2cc1-c1ccc(OC)c(-c2nc3ccccc3s2)c1. The zero-order chi connectivity index (χ0) is 30.3. The molecule has 0 saturated carbocycles. The molecule has 2 aromatic heterocycles. The number of rotatable bonds is 8. The summed E-state index contributed by atoms with van der Waals surface area (Å²) in [6.07, 6.45) is 0. The van der Waals surface area contributed by atoms with E-state index in [0.717, 1.165) is 20.8 Å². The maximum absolute atomic E-state index is 13.7. The summed E-state index contributed by atoms with van der Waals surface area (Å²) in [6.45, 7) is 1.54. The average molecular weight is 616 g/mol. The highest BCUT2D eigenvalue weighted by Crippen LogP contribution is 2.43. The van der Waals surface area contributed by atoms with Gasteiger partial charge in [-0.3, -0.25) is 9.52 Å². The molecule has 218 valence electrons. The van der Waals surface area contributed by atoms with Gasteiger partial charge in [0.15, 0.2) is 0 Å². The quantitative estimate of drug-likeness (QED) is 0.186. The molecule has 0 aliphatic carbocycles. The highest BCUT2D eigenvalue weighted by Gasteiger charge is 2.25. The summed E-state index contributed by atoms with van der Waals surface area (Å²) < 4.78 is 54.8. The predicted octanol–water partition coefficient (Wildman–Crippen LogP) is 7.31. The van der Waals surface area contributed by atoms with Crippen molar-refractivity contribution in [2.45, 2.75) is 6.92 Å². The molecule has 1 amide bonds. The van der Waals surface area contributed by atoms with E-state index in [4.69, 9.17) is 14.1 Å². The molecular weight excluding hydrogens is 590 g/mol. The standard InChI is InChI=1S/C32H26FN3O5S2/c1-4-43(38,39)36-25-17-27-22(29(31(37)34-2)30(41-27)18-9-12-20(33)13-10-18)16-21(25)19-11-14-26(40-3)23(15-19)32-35-24-7-5-6-8-28(24)42-32/h5-17,36H,4H2,1-3H3,(H,34,37). The minimum Gasteiger partial charge on any atom is -0.496 e. The summed E-state index contributed by atoms with van der Waals surface area (Å²) in [5.41, 5.74) is 4.08. The molecule has 11 heteroatoms. The van der Waals surface area contributed by atoms with Crippen molar-refractivity contribution in [3.05, 3.63) is 90.2 Å². The Balaban J connectivity index is 1.61. The van der Waals surface area contributed by atoms with E-state index >= 15 is 0 Å². The van der Waals surface area contributed by atoms with Crippen LogP contribution in [-0.2, 0) is 10.0 Å². The van der Waals surface area contributed by atoms with Crippen molar-refractivity contribution in [2.24, 2.45) is 0 Å². The van der Waals surface area contributed by atoms with Gasteiger partial charge in [0.05, 0.1) is 39.9 Å². The van der Waals surface area contributed by atoms with Crippen molar-refractivity contribution >= 4 is 54.1 Å². The normalized spacial score (nSPS) is 11.6. The largest absolute Gasteiger partial charge is 0.496 e. The molecule has 0 fully saturated rings. The highest BCUT2D eigenvalue weighted by molar-refractivity contribution is 7.92. The number of sulfonamides is 1. The van der Waals surface area contributed by atoms with Crippen molar-refractivity contribution in [3.63, 3.8) is 0 Å². The van der Waals surface area contributed by atoms with Gasteiger partial charge in [-0.15, -0.1) is 11.3 Å². The second-order valence-electron chi connectivity index (χ2n) is 9.69. The molecule has 0 saturated heterocycles. The smallest absolute Gasteiger partial charge is 0.255 e. The zero-order valence-electron chi connectivity index (χ0n) is 23.4. The number of halogens is 1. The van der Waals surface area contributed by atoms with Crippen LogP contribution >= 0.6 is 11.3 Å². The van der Waals surface area contributed by atoms with Crippen LogP contribution < -0.4 is 14.8 Å². The van der Waals surface area contributed by atoms with E-state index in [1.54, 1.807) is 32.2 Å². The van der Waals surface area contributed by atoms with Crippen LogP contribution in [0.15, 0.2) is 83.3 Å². The van der Waals surface area contributed by atoms with Gasteiger partial charge in [0, 0.05) is 29.6 Å². The molecular formula is C32H26FN3O5S2.